The van der Waals surface area contributed by atoms with Crippen LogP contribution in [0.15, 0.2) is 115 Å². The summed E-state index contributed by atoms with van der Waals surface area (Å²) < 4.78 is 0. The molecule has 35 heavy (non-hydrogen) atoms. The second-order valence-corrected chi connectivity index (χ2v) is 8.74. The van der Waals surface area contributed by atoms with Crippen molar-refractivity contribution in [1.82, 2.24) is 0 Å². The molecule has 3 nitrogen and oxygen atoms in total. The number of phenols is 3. The zero-order chi connectivity index (χ0) is 23.9. The van der Waals surface area contributed by atoms with Crippen LogP contribution < -0.4 is 0 Å². The van der Waals surface area contributed by atoms with E-state index in [1.165, 1.54) is 0 Å². The second kappa shape index (κ2) is 8.23. The maximum absolute atomic E-state index is 9.98. The highest BCUT2D eigenvalue weighted by Crippen LogP contribution is 2.46. The lowest BCUT2D eigenvalue weighted by molar-refractivity contribution is 0.475. The Morgan fingerprint density at radius 3 is 1.37 bits per heavy atom. The van der Waals surface area contributed by atoms with Crippen molar-refractivity contribution >= 4 is 21.5 Å². The topological polar surface area (TPSA) is 60.7 Å². The first-order chi connectivity index (χ1) is 17.1. The quantitative estimate of drug-likeness (QED) is 0.237. The maximum atomic E-state index is 9.98. The van der Waals surface area contributed by atoms with Gasteiger partial charge in [0.1, 0.15) is 17.2 Å². The van der Waals surface area contributed by atoms with E-state index in [0.717, 1.165) is 54.9 Å². The van der Waals surface area contributed by atoms with Gasteiger partial charge in [-0.3, -0.25) is 0 Å². The Balaban J connectivity index is 1.80. The fourth-order valence-electron chi connectivity index (χ4n) is 4.82. The van der Waals surface area contributed by atoms with Crippen molar-refractivity contribution in [3.05, 3.63) is 115 Å². The number of fused-ring (bicyclic) bond motifs is 2. The minimum Gasteiger partial charge on any atom is -0.508 e. The number of hydrogen-bond donors (Lipinski definition) is 3. The van der Waals surface area contributed by atoms with E-state index in [-0.39, 0.29) is 17.2 Å². The van der Waals surface area contributed by atoms with Crippen LogP contribution in [0, 0.1) is 0 Å². The summed E-state index contributed by atoms with van der Waals surface area (Å²) in [6.07, 6.45) is 0. The van der Waals surface area contributed by atoms with Gasteiger partial charge in [0.25, 0.3) is 0 Å². The molecule has 0 spiro atoms. The minimum atomic E-state index is 0.206. The van der Waals surface area contributed by atoms with Crippen LogP contribution in [0.3, 0.4) is 0 Å². The molecule has 6 rings (SSSR count). The number of rotatable bonds is 3. The smallest absolute Gasteiger partial charge is 0.115 e. The molecule has 3 N–H and O–H groups in total. The Morgan fingerprint density at radius 2 is 0.829 bits per heavy atom. The van der Waals surface area contributed by atoms with Crippen molar-refractivity contribution in [2.45, 2.75) is 0 Å². The normalized spacial score (nSPS) is 11.2. The largest absolute Gasteiger partial charge is 0.508 e. The fourth-order valence-corrected chi connectivity index (χ4v) is 4.82. The van der Waals surface area contributed by atoms with Crippen LogP contribution in [0.25, 0.3) is 54.9 Å². The number of phenolic OH excluding ortho intramolecular Hbond substituents is 3. The molecule has 6 aromatic rings. The van der Waals surface area contributed by atoms with Gasteiger partial charge in [0, 0.05) is 0 Å². The predicted molar refractivity (Wildman–Crippen MR) is 143 cm³/mol. The first-order valence-electron chi connectivity index (χ1n) is 11.4. The molecule has 0 bridgehead atoms. The average Bonchev–Trinajstić information content (AvgIpc) is 2.88. The lowest BCUT2D eigenvalue weighted by atomic mass is 9.83. The predicted octanol–water partition coefficient (Wildman–Crippen LogP) is 8.11. The first kappa shape index (κ1) is 20.8. The SMILES string of the molecule is Oc1ccc(-c2cc3cc4ccccc4cc3c(-c3ccc(O)cc3)c2-c2ccc(O)cc2)cc1. The van der Waals surface area contributed by atoms with E-state index in [1.807, 2.05) is 48.5 Å². The van der Waals surface area contributed by atoms with Crippen molar-refractivity contribution in [1.29, 1.82) is 0 Å². The minimum absolute atomic E-state index is 0.206. The zero-order valence-corrected chi connectivity index (χ0v) is 18.8. The highest BCUT2D eigenvalue weighted by Gasteiger charge is 2.19. The molecule has 6 aromatic carbocycles. The Labute approximate surface area is 202 Å². The van der Waals surface area contributed by atoms with E-state index in [9.17, 15) is 15.3 Å². The lowest BCUT2D eigenvalue weighted by Crippen LogP contribution is -1.93. The highest BCUT2D eigenvalue weighted by molar-refractivity contribution is 6.13. The van der Waals surface area contributed by atoms with E-state index in [4.69, 9.17) is 0 Å². The van der Waals surface area contributed by atoms with Crippen molar-refractivity contribution in [3.63, 3.8) is 0 Å². The molecule has 0 amide bonds. The van der Waals surface area contributed by atoms with Gasteiger partial charge in [0.05, 0.1) is 0 Å². The summed E-state index contributed by atoms with van der Waals surface area (Å²) in [6, 6.07) is 36.7. The summed E-state index contributed by atoms with van der Waals surface area (Å²) in [5, 5.41) is 34.4. The lowest BCUT2D eigenvalue weighted by Gasteiger charge is -2.20. The summed E-state index contributed by atoms with van der Waals surface area (Å²) >= 11 is 0. The summed E-state index contributed by atoms with van der Waals surface area (Å²) in [7, 11) is 0. The number of benzene rings is 6. The molecular formula is C32H22O3. The van der Waals surface area contributed by atoms with Gasteiger partial charge in [-0.2, -0.15) is 0 Å². The monoisotopic (exact) mass is 454 g/mol. The van der Waals surface area contributed by atoms with E-state index < -0.39 is 0 Å². The van der Waals surface area contributed by atoms with Crippen LogP contribution in [-0.4, -0.2) is 15.3 Å². The standard InChI is InChI=1S/C32H22O3/c33-26-11-5-20(6-12-26)29-19-25-17-23-3-1-2-4-24(23)18-30(25)32(22-9-15-28(35)16-10-22)31(29)21-7-13-27(34)14-8-21/h1-19,33-35H. The van der Waals surface area contributed by atoms with E-state index in [1.54, 1.807) is 36.4 Å². The summed E-state index contributed by atoms with van der Waals surface area (Å²) in [5.74, 6) is 0.632. The van der Waals surface area contributed by atoms with Gasteiger partial charge in [0.15, 0.2) is 0 Å². The van der Waals surface area contributed by atoms with Crippen LogP contribution in [0.5, 0.6) is 17.2 Å². The van der Waals surface area contributed by atoms with Gasteiger partial charge in [-0.15, -0.1) is 0 Å². The number of hydrogen-bond acceptors (Lipinski definition) is 3. The highest BCUT2D eigenvalue weighted by atomic mass is 16.3. The third-order valence-electron chi connectivity index (χ3n) is 6.50. The molecule has 0 aliphatic carbocycles. The van der Waals surface area contributed by atoms with Gasteiger partial charge in [-0.05, 0) is 110 Å². The van der Waals surface area contributed by atoms with Crippen LogP contribution in [-0.2, 0) is 0 Å². The molecule has 168 valence electrons. The molecule has 3 heteroatoms. The average molecular weight is 455 g/mol. The van der Waals surface area contributed by atoms with E-state index >= 15 is 0 Å². The zero-order valence-electron chi connectivity index (χ0n) is 18.8. The van der Waals surface area contributed by atoms with Crippen LogP contribution in [0.1, 0.15) is 0 Å². The van der Waals surface area contributed by atoms with Crippen molar-refractivity contribution in [3.8, 4) is 50.6 Å². The molecule has 0 unspecified atom stereocenters. The Kier molecular flexibility index (Phi) is 4.89. The third-order valence-corrected chi connectivity index (χ3v) is 6.50. The molecule has 0 radical (unpaired) electrons. The van der Waals surface area contributed by atoms with Crippen molar-refractivity contribution < 1.29 is 15.3 Å². The Morgan fingerprint density at radius 1 is 0.371 bits per heavy atom. The summed E-state index contributed by atoms with van der Waals surface area (Å²) in [6.45, 7) is 0. The van der Waals surface area contributed by atoms with Crippen LogP contribution in [0.4, 0.5) is 0 Å². The van der Waals surface area contributed by atoms with Crippen LogP contribution in [0.2, 0.25) is 0 Å². The molecule has 0 heterocycles. The molecule has 0 saturated heterocycles. The van der Waals surface area contributed by atoms with Gasteiger partial charge >= 0.3 is 0 Å². The van der Waals surface area contributed by atoms with Gasteiger partial charge in [0.2, 0.25) is 0 Å². The van der Waals surface area contributed by atoms with Crippen LogP contribution >= 0.6 is 0 Å². The van der Waals surface area contributed by atoms with Gasteiger partial charge in [-0.25, -0.2) is 0 Å². The van der Waals surface area contributed by atoms with Crippen molar-refractivity contribution in [2.75, 3.05) is 0 Å². The van der Waals surface area contributed by atoms with E-state index in [0.29, 0.717) is 0 Å². The molecule has 0 aromatic heterocycles. The number of aromatic hydroxyl groups is 3. The molecule has 0 aliphatic heterocycles. The Bertz CT molecular complexity index is 1680. The fraction of sp³-hybridized carbons (Fsp3) is 0. The molecule has 0 aliphatic rings. The van der Waals surface area contributed by atoms with Crippen molar-refractivity contribution in [2.24, 2.45) is 0 Å². The van der Waals surface area contributed by atoms with Gasteiger partial charge in [-0.1, -0.05) is 60.7 Å². The summed E-state index contributed by atoms with van der Waals surface area (Å²) in [5.41, 5.74) is 5.99. The molecular weight excluding hydrogens is 432 g/mol. The maximum Gasteiger partial charge on any atom is 0.115 e. The first-order valence-corrected chi connectivity index (χ1v) is 11.4. The third kappa shape index (κ3) is 3.73. The summed E-state index contributed by atoms with van der Waals surface area (Å²) in [4.78, 5) is 0. The Hall–Kier alpha value is -4.76. The van der Waals surface area contributed by atoms with Gasteiger partial charge < -0.3 is 15.3 Å². The molecule has 0 saturated carbocycles. The van der Waals surface area contributed by atoms with E-state index in [2.05, 4.69) is 30.3 Å². The molecule has 0 atom stereocenters. The molecule has 0 fully saturated rings. The second-order valence-electron chi connectivity index (χ2n) is 8.74.